The number of aromatic nitrogens is 5. The van der Waals surface area contributed by atoms with Gasteiger partial charge in [-0.3, -0.25) is 9.78 Å². The average Bonchev–Trinajstić information content (AvgIpc) is 3.16. The molecule has 0 aliphatic rings. The molecule has 3 rings (SSSR count). The summed E-state index contributed by atoms with van der Waals surface area (Å²) in [4.78, 5) is 16.2. The van der Waals surface area contributed by atoms with Gasteiger partial charge in [0.05, 0.1) is 17.9 Å². The third kappa shape index (κ3) is 3.92. The molecule has 122 valence electrons. The maximum atomic E-state index is 12.1. The third-order valence-electron chi connectivity index (χ3n) is 3.30. The van der Waals surface area contributed by atoms with Crippen LogP contribution in [0.3, 0.4) is 0 Å². The molecule has 2 aromatic heterocycles. The minimum absolute atomic E-state index is 0.204. The molecule has 0 unspecified atom stereocenters. The molecule has 3 aromatic rings. The van der Waals surface area contributed by atoms with Gasteiger partial charge in [0.2, 0.25) is 0 Å². The number of ether oxygens (including phenoxy) is 1. The van der Waals surface area contributed by atoms with Crippen molar-refractivity contribution in [2.75, 3.05) is 0 Å². The van der Waals surface area contributed by atoms with Crippen molar-refractivity contribution < 1.29 is 9.53 Å². The molecule has 0 radical (unpaired) electrons. The van der Waals surface area contributed by atoms with Gasteiger partial charge in [-0.25, -0.2) is 4.68 Å². The maximum absolute atomic E-state index is 12.1. The number of rotatable bonds is 6. The Balaban J connectivity index is 1.54. The summed E-state index contributed by atoms with van der Waals surface area (Å²) < 4.78 is 7.18. The lowest BCUT2D eigenvalue weighted by atomic mass is 10.3. The van der Waals surface area contributed by atoms with Gasteiger partial charge in [-0.15, -0.1) is 5.10 Å². The number of tetrazole rings is 1. The largest absolute Gasteiger partial charge is 0.481 e. The molecule has 1 amide bonds. The number of hydrogen-bond donors (Lipinski definition) is 1. The van der Waals surface area contributed by atoms with E-state index in [1.807, 2.05) is 30.3 Å². The van der Waals surface area contributed by atoms with E-state index in [1.54, 1.807) is 25.3 Å². The molecule has 1 atom stereocenters. The zero-order chi connectivity index (χ0) is 16.8. The highest BCUT2D eigenvalue weighted by molar-refractivity contribution is 5.80. The van der Waals surface area contributed by atoms with E-state index in [9.17, 15) is 4.79 Å². The van der Waals surface area contributed by atoms with Gasteiger partial charge in [-0.05, 0) is 53.7 Å². The van der Waals surface area contributed by atoms with Crippen LogP contribution in [0, 0.1) is 0 Å². The quantitative estimate of drug-likeness (QED) is 0.730. The van der Waals surface area contributed by atoms with Crippen molar-refractivity contribution in [3.05, 3.63) is 60.7 Å². The second-order valence-corrected chi connectivity index (χ2v) is 5.05. The lowest BCUT2D eigenvalue weighted by Crippen LogP contribution is -2.36. The predicted octanol–water partition coefficient (Wildman–Crippen LogP) is 1.14. The molecule has 0 bridgehead atoms. The van der Waals surface area contributed by atoms with Gasteiger partial charge >= 0.3 is 0 Å². The topological polar surface area (TPSA) is 94.8 Å². The van der Waals surface area contributed by atoms with Crippen LogP contribution in [-0.4, -0.2) is 37.2 Å². The van der Waals surface area contributed by atoms with Crippen molar-refractivity contribution in [1.29, 1.82) is 0 Å². The fourth-order valence-corrected chi connectivity index (χ4v) is 2.04. The predicted molar refractivity (Wildman–Crippen MR) is 85.3 cm³/mol. The molecule has 0 saturated carbocycles. The zero-order valence-electron chi connectivity index (χ0n) is 13.0. The number of pyridine rings is 1. The first kappa shape index (κ1) is 15.6. The van der Waals surface area contributed by atoms with E-state index in [0.717, 1.165) is 11.4 Å². The molecule has 8 heteroatoms. The summed E-state index contributed by atoms with van der Waals surface area (Å²) >= 11 is 0. The molecular weight excluding hydrogens is 308 g/mol. The van der Waals surface area contributed by atoms with Gasteiger partial charge in [-0.1, -0.05) is 6.07 Å². The SMILES string of the molecule is C[C@@H](Oc1ccc(-n2cnnn2)cc1)C(=O)NCc1ccccn1. The number of nitrogens with zero attached hydrogens (tertiary/aromatic N) is 5. The second kappa shape index (κ2) is 7.32. The fraction of sp³-hybridized carbons (Fsp3) is 0.188. The van der Waals surface area contributed by atoms with Crippen molar-refractivity contribution in [3.8, 4) is 11.4 Å². The minimum atomic E-state index is -0.618. The number of nitrogens with one attached hydrogen (secondary N) is 1. The van der Waals surface area contributed by atoms with Crippen LogP contribution < -0.4 is 10.1 Å². The van der Waals surface area contributed by atoms with E-state index in [-0.39, 0.29) is 5.91 Å². The number of amides is 1. The van der Waals surface area contributed by atoms with Crippen LogP contribution in [0.15, 0.2) is 55.0 Å². The van der Waals surface area contributed by atoms with Crippen LogP contribution in [0.4, 0.5) is 0 Å². The normalized spacial score (nSPS) is 11.7. The fourth-order valence-electron chi connectivity index (χ4n) is 2.04. The van der Waals surface area contributed by atoms with Crippen LogP contribution in [0.5, 0.6) is 5.75 Å². The van der Waals surface area contributed by atoms with E-state index in [1.165, 1.54) is 11.0 Å². The first-order chi connectivity index (χ1) is 11.7. The van der Waals surface area contributed by atoms with Gasteiger partial charge < -0.3 is 10.1 Å². The molecule has 0 aliphatic carbocycles. The van der Waals surface area contributed by atoms with Gasteiger partial charge in [0.15, 0.2) is 6.10 Å². The van der Waals surface area contributed by atoms with Gasteiger partial charge in [0.25, 0.3) is 5.91 Å². The van der Waals surface area contributed by atoms with Crippen LogP contribution in [0.25, 0.3) is 5.69 Å². The van der Waals surface area contributed by atoms with Crippen LogP contribution in [0.2, 0.25) is 0 Å². The summed E-state index contributed by atoms with van der Waals surface area (Å²) in [5, 5.41) is 13.8. The Hall–Kier alpha value is -3.29. The molecule has 0 saturated heterocycles. The van der Waals surface area contributed by atoms with E-state index in [0.29, 0.717) is 12.3 Å². The molecular formula is C16H16N6O2. The Kier molecular flexibility index (Phi) is 4.76. The average molecular weight is 324 g/mol. The van der Waals surface area contributed by atoms with Crippen molar-refractivity contribution >= 4 is 5.91 Å². The van der Waals surface area contributed by atoms with Crippen molar-refractivity contribution in [3.63, 3.8) is 0 Å². The van der Waals surface area contributed by atoms with Crippen LogP contribution in [0.1, 0.15) is 12.6 Å². The van der Waals surface area contributed by atoms with Gasteiger partial charge in [-0.2, -0.15) is 0 Å². The Morgan fingerprint density at radius 2 is 2.08 bits per heavy atom. The van der Waals surface area contributed by atoms with E-state index in [4.69, 9.17) is 4.74 Å². The lowest BCUT2D eigenvalue weighted by Gasteiger charge is -2.14. The molecule has 2 heterocycles. The van der Waals surface area contributed by atoms with Gasteiger partial charge in [0, 0.05) is 6.20 Å². The third-order valence-corrected chi connectivity index (χ3v) is 3.30. The smallest absolute Gasteiger partial charge is 0.261 e. The van der Waals surface area contributed by atoms with Crippen LogP contribution >= 0.6 is 0 Å². The molecule has 0 aliphatic heterocycles. The standard InChI is InChI=1S/C16H16N6O2/c1-12(16(23)18-10-13-4-2-3-9-17-13)24-15-7-5-14(6-8-15)22-11-19-20-21-22/h2-9,11-12H,10H2,1H3,(H,18,23)/t12-/m1/s1. The highest BCUT2D eigenvalue weighted by atomic mass is 16.5. The Labute approximate surface area is 138 Å². The molecule has 0 spiro atoms. The van der Waals surface area contributed by atoms with Crippen molar-refractivity contribution in [1.82, 2.24) is 30.5 Å². The highest BCUT2D eigenvalue weighted by Crippen LogP contribution is 2.15. The maximum Gasteiger partial charge on any atom is 0.261 e. The number of carbonyl (C=O) groups excluding carboxylic acids is 1. The summed E-state index contributed by atoms with van der Waals surface area (Å²) in [6.45, 7) is 2.06. The molecule has 1 aromatic carbocycles. The lowest BCUT2D eigenvalue weighted by molar-refractivity contribution is -0.127. The Morgan fingerprint density at radius 1 is 1.25 bits per heavy atom. The Bertz CT molecular complexity index is 774. The number of hydrogen-bond acceptors (Lipinski definition) is 6. The minimum Gasteiger partial charge on any atom is -0.481 e. The summed E-state index contributed by atoms with van der Waals surface area (Å²) in [6.07, 6.45) is 2.57. The summed E-state index contributed by atoms with van der Waals surface area (Å²) in [6, 6.07) is 12.7. The summed E-state index contributed by atoms with van der Waals surface area (Å²) in [5.41, 5.74) is 1.60. The monoisotopic (exact) mass is 324 g/mol. The molecule has 1 N–H and O–H groups in total. The van der Waals surface area contributed by atoms with E-state index < -0.39 is 6.10 Å². The molecule has 0 fully saturated rings. The van der Waals surface area contributed by atoms with Crippen molar-refractivity contribution in [2.24, 2.45) is 0 Å². The molecule has 24 heavy (non-hydrogen) atoms. The van der Waals surface area contributed by atoms with Gasteiger partial charge in [0.1, 0.15) is 12.1 Å². The first-order valence-corrected chi connectivity index (χ1v) is 7.40. The second-order valence-electron chi connectivity index (χ2n) is 5.05. The van der Waals surface area contributed by atoms with Crippen molar-refractivity contribution in [2.45, 2.75) is 19.6 Å². The summed E-state index contributed by atoms with van der Waals surface area (Å²) in [5.74, 6) is 0.387. The van der Waals surface area contributed by atoms with Crippen LogP contribution in [-0.2, 0) is 11.3 Å². The number of benzene rings is 1. The molecule has 8 nitrogen and oxygen atoms in total. The first-order valence-electron chi connectivity index (χ1n) is 7.40. The van der Waals surface area contributed by atoms with E-state index in [2.05, 4.69) is 25.8 Å². The summed E-state index contributed by atoms with van der Waals surface area (Å²) in [7, 11) is 0. The number of carbonyl (C=O) groups is 1. The van der Waals surface area contributed by atoms with E-state index >= 15 is 0 Å². The zero-order valence-corrected chi connectivity index (χ0v) is 13.0. The Morgan fingerprint density at radius 3 is 2.75 bits per heavy atom. The highest BCUT2D eigenvalue weighted by Gasteiger charge is 2.14.